The van der Waals surface area contributed by atoms with Crippen molar-refractivity contribution in [3.8, 4) is 0 Å². The molecule has 0 saturated carbocycles. The molecule has 2 aromatic rings. The molecule has 0 atom stereocenters. The van der Waals surface area contributed by atoms with Gasteiger partial charge >= 0.3 is 11.9 Å². The first-order valence-electron chi connectivity index (χ1n) is 8.59. The van der Waals surface area contributed by atoms with Gasteiger partial charge in [0.2, 0.25) is 0 Å². The summed E-state index contributed by atoms with van der Waals surface area (Å²) in [6.45, 7) is 5.26. The van der Waals surface area contributed by atoms with Gasteiger partial charge in [-0.2, -0.15) is 0 Å². The third-order valence-electron chi connectivity index (χ3n) is 4.00. The molecule has 8 heteroatoms. The standard InChI is InChI=1S/C20H23NO5S2/c1-12-5-7-15(8-6-12)10-27-11-17(23)26-9-16(22)21-19-18(20(24)25-4)13(2)14(3)28-19/h5-8H,9-11H2,1-4H3,(H,21,22). The molecule has 1 aromatic heterocycles. The predicted octanol–water partition coefficient (Wildman–Crippen LogP) is 3.88. The second kappa shape index (κ2) is 10.3. The number of esters is 2. The van der Waals surface area contributed by atoms with Crippen molar-refractivity contribution in [1.29, 1.82) is 0 Å². The van der Waals surface area contributed by atoms with E-state index >= 15 is 0 Å². The monoisotopic (exact) mass is 421 g/mol. The van der Waals surface area contributed by atoms with Crippen LogP contribution in [0.5, 0.6) is 0 Å². The lowest BCUT2D eigenvalue weighted by molar-refractivity contribution is -0.144. The summed E-state index contributed by atoms with van der Waals surface area (Å²) in [7, 11) is 1.29. The number of thiophene rings is 1. The molecule has 0 bridgehead atoms. The Bertz CT molecular complexity index is 858. The second-order valence-corrected chi connectivity index (χ2v) is 8.38. The minimum atomic E-state index is -0.512. The maximum atomic E-state index is 12.1. The summed E-state index contributed by atoms with van der Waals surface area (Å²) in [4.78, 5) is 36.7. The second-order valence-electron chi connectivity index (χ2n) is 6.17. The van der Waals surface area contributed by atoms with Gasteiger partial charge in [-0.15, -0.1) is 23.1 Å². The van der Waals surface area contributed by atoms with E-state index in [2.05, 4.69) is 5.32 Å². The van der Waals surface area contributed by atoms with E-state index in [0.717, 1.165) is 16.0 Å². The number of thioether (sulfide) groups is 1. The molecule has 1 amide bonds. The molecule has 1 aromatic carbocycles. The quantitative estimate of drug-likeness (QED) is 0.652. The van der Waals surface area contributed by atoms with Crippen LogP contribution in [-0.2, 0) is 24.8 Å². The Labute approximate surface area is 172 Å². The van der Waals surface area contributed by atoms with Crippen LogP contribution in [0.2, 0.25) is 0 Å². The molecule has 0 aliphatic rings. The number of hydrogen-bond acceptors (Lipinski definition) is 7. The molecule has 6 nitrogen and oxygen atoms in total. The Kier molecular flexibility index (Phi) is 8.07. The lowest BCUT2D eigenvalue weighted by atomic mass is 10.1. The summed E-state index contributed by atoms with van der Waals surface area (Å²) in [6, 6.07) is 8.08. The van der Waals surface area contributed by atoms with Gasteiger partial charge in [0.05, 0.1) is 18.4 Å². The van der Waals surface area contributed by atoms with Gasteiger partial charge in [0.1, 0.15) is 5.00 Å². The van der Waals surface area contributed by atoms with E-state index in [0.29, 0.717) is 16.3 Å². The molecule has 0 aliphatic heterocycles. The number of carbonyl (C=O) groups excluding carboxylic acids is 3. The number of methoxy groups -OCH3 is 1. The highest BCUT2D eigenvalue weighted by Gasteiger charge is 2.21. The van der Waals surface area contributed by atoms with Crippen LogP contribution in [0.4, 0.5) is 5.00 Å². The van der Waals surface area contributed by atoms with Gasteiger partial charge in [0.25, 0.3) is 5.91 Å². The Hall–Kier alpha value is -2.32. The normalized spacial score (nSPS) is 10.4. The van der Waals surface area contributed by atoms with E-state index in [1.807, 2.05) is 38.1 Å². The minimum Gasteiger partial charge on any atom is -0.465 e. The zero-order chi connectivity index (χ0) is 20.7. The number of hydrogen-bond donors (Lipinski definition) is 1. The van der Waals surface area contributed by atoms with Gasteiger partial charge in [0.15, 0.2) is 6.61 Å². The molecule has 0 radical (unpaired) electrons. The zero-order valence-electron chi connectivity index (χ0n) is 16.3. The first kappa shape index (κ1) is 22.0. The molecule has 1 heterocycles. The molecule has 0 fully saturated rings. The number of rotatable bonds is 8. The van der Waals surface area contributed by atoms with E-state index in [4.69, 9.17) is 9.47 Å². The fourth-order valence-electron chi connectivity index (χ4n) is 2.35. The van der Waals surface area contributed by atoms with Crippen molar-refractivity contribution in [2.75, 3.05) is 24.8 Å². The van der Waals surface area contributed by atoms with Crippen LogP contribution < -0.4 is 5.32 Å². The van der Waals surface area contributed by atoms with Crippen LogP contribution in [-0.4, -0.2) is 37.3 Å². The van der Waals surface area contributed by atoms with Crippen molar-refractivity contribution in [2.24, 2.45) is 0 Å². The number of nitrogens with one attached hydrogen (secondary N) is 1. The molecule has 0 aliphatic carbocycles. The molecule has 2 rings (SSSR count). The van der Waals surface area contributed by atoms with Crippen molar-refractivity contribution in [3.05, 3.63) is 51.4 Å². The maximum absolute atomic E-state index is 12.1. The van der Waals surface area contributed by atoms with Crippen LogP contribution in [0, 0.1) is 20.8 Å². The van der Waals surface area contributed by atoms with E-state index in [1.54, 1.807) is 6.92 Å². The van der Waals surface area contributed by atoms with E-state index in [1.165, 1.54) is 35.8 Å². The van der Waals surface area contributed by atoms with Crippen LogP contribution in [0.25, 0.3) is 0 Å². The van der Waals surface area contributed by atoms with Crippen LogP contribution in [0.15, 0.2) is 24.3 Å². The first-order chi connectivity index (χ1) is 13.3. The third-order valence-corrected chi connectivity index (χ3v) is 6.10. The fourth-order valence-corrected chi connectivity index (χ4v) is 4.19. The first-order valence-corrected chi connectivity index (χ1v) is 10.6. The Balaban J connectivity index is 1.79. The van der Waals surface area contributed by atoms with Crippen molar-refractivity contribution >= 4 is 45.9 Å². The molecule has 0 unspecified atom stereocenters. The maximum Gasteiger partial charge on any atom is 0.341 e. The Morgan fingerprint density at radius 3 is 2.43 bits per heavy atom. The average molecular weight is 422 g/mol. The highest BCUT2D eigenvalue weighted by atomic mass is 32.2. The number of ether oxygens (including phenoxy) is 2. The molecular formula is C20H23NO5S2. The topological polar surface area (TPSA) is 81.7 Å². The number of anilines is 1. The Morgan fingerprint density at radius 2 is 1.79 bits per heavy atom. The molecule has 28 heavy (non-hydrogen) atoms. The van der Waals surface area contributed by atoms with Crippen molar-refractivity contribution < 1.29 is 23.9 Å². The van der Waals surface area contributed by atoms with Gasteiger partial charge in [-0.1, -0.05) is 29.8 Å². The molecule has 0 spiro atoms. The number of carbonyl (C=O) groups is 3. The van der Waals surface area contributed by atoms with E-state index in [9.17, 15) is 14.4 Å². The highest BCUT2D eigenvalue weighted by molar-refractivity contribution is 7.99. The van der Waals surface area contributed by atoms with E-state index < -0.39 is 24.5 Å². The Morgan fingerprint density at radius 1 is 1.11 bits per heavy atom. The average Bonchev–Trinajstić information content (AvgIpc) is 2.94. The predicted molar refractivity (Wildman–Crippen MR) is 112 cm³/mol. The summed E-state index contributed by atoms with van der Waals surface area (Å²) in [5.74, 6) is -0.618. The summed E-state index contributed by atoms with van der Waals surface area (Å²) in [5.41, 5.74) is 3.40. The molecule has 1 N–H and O–H groups in total. The van der Waals surface area contributed by atoms with Crippen LogP contribution >= 0.6 is 23.1 Å². The van der Waals surface area contributed by atoms with Crippen LogP contribution in [0.3, 0.4) is 0 Å². The molecule has 150 valence electrons. The van der Waals surface area contributed by atoms with Crippen molar-refractivity contribution in [2.45, 2.75) is 26.5 Å². The lowest BCUT2D eigenvalue weighted by Crippen LogP contribution is -2.22. The smallest absolute Gasteiger partial charge is 0.341 e. The summed E-state index contributed by atoms with van der Waals surface area (Å²) in [5, 5.41) is 3.02. The number of benzene rings is 1. The van der Waals surface area contributed by atoms with Gasteiger partial charge in [-0.3, -0.25) is 9.59 Å². The lowest BCUT2D eigenvalue weighted by Gasteiger charge is -2.07. The van der Waals surface area contributed by atoms with Crippen molar-refractivity contribution in [3.63, 3.8) is 0 Å². The summed E-state index contributed by atoms with van der Waals surface area (Å²) >= 11 is 2.71. The minimum absolute atomic E-state index is 0.159. The van der Waals surface area contributed by atoms with Gasteiger partial charge < -0.3 is 14.8 Å². The van der Waals surface area contributed by atoms with Gasteiger partial charge in [-0.05, 0) is 31.9 Å². The molecule has 0 saturated heterocycles. The van der Waals surface area contributed by atoms with Crippen molar-refractivity contribution in [1.82, 2.24) is 0 Å². The highest BCUT2D eigenvalue weighted by Crippen LogP contribution is 2.32. The largest absolute Gasteiger partial charge is 0.465 e. The van der Waals surface area contributed by atoms with E-state index in [-0.39, 0.29) is 5.75 Å². The fraction of sp³-hybridized carbons (Fsp3) is 0.350. The molecular weight excluding hydrogens is 398 g/mol. The van der Waals surface area contributed by atoms with Gasteiger partial charge in [0, 0.05) is 10.6 Å². The summed E-state index contributed by atoms with van der Waals surface area (Å²) in [6.07, 6.45) is 0. The summed E-state index contributed by atoms with van der Waals surface area (Å²) < 4.78 is 9.78. The number of aryl methyl sites for hydroxylation is 2. The SMILES string of the molecule is COC(=O)c1c(NC(=O)COC(=O)CSCc2ccc(C)cc2)sc(C)c1C. The van der Waals surface area contributed by atoms with Crippen LogP contribution in [0.1, 0.15) is 31.9 Å². The zero-order valence-corrected chi connectivity index (χ0v) is 17.9. The third kappa shape index (κ3) is 6.10. The number of amides is 1. The van der Waals surface area contributed by atoms with Gasteiger partial charge in [-0.25, -0.2) is 4.79 Å².